The highest BCUT2D eigenvalue weighted by Gasteiger charge is 2.31. The van der Waals surface area contributed by atoms with Crippen LogP contribution in [0.25, 0.3) is 0 Å². The lowest BCUT2D eigenvalue weighted by Gasteiger charge is -2.15. The van der Waals surface area contributed by atoms with Crippen molar-refractivity contribution in [2.45, 2.75) is 38.6 Å². The van der Waals surface area contributed by atoms with Crippen LogP contribution in [0.1, 0.15) is 49.0 Å². The van der Waals surface area contributed by atoms with Crippen molar-refractivity contribution in [2.24, 2.45) is 11.8 Å². The lowest BCUT2D eigenvalue weighted by molar-refractivity contribution is -0.117. The van der Waals surface area contributed by atoms with E-state index >= 15 is 0 Å². The minimum atomic E-state index is -0.176. The second-order valence-corrected chi connectivity index (χ2v) is 7.03. The second kappa shape index (κ2) is 6.35. The standard InChI is InChI=1S/C19H22N4O2/c1-12(13-2-3-13)23-17(10-11-20-23)22-19(25)15-6-8-16(9-7-15)21-18(24)14-4-5-14/h6-14H,2-5H2,1H3,(H,21,24)(H,22,25). The molecule has 4 rings (SSSR count). The molecular formula is C19H22N4O2. The van der Waals surface area contributed by atoms with Gasteiger partial charge in [0.15, 0.2) is 0 Å². The highest BCUT2D eigenvalue weighted by molar-refractivity contribution is 6.04. The molecule has 1 heterocycles. The molecule has 2 aliphatic carbocycles. The maximum atomic E-state index is 12.5. The highest BCUT2D eigenvalue weighted by atomic mass is 16.2. The van der Waals surface area contributed by atoms with Crippen molar-refractivity contribution in [3.05, 3.63) is 42.1 Å². The van der Waals surface area contributed by atoms with Crippen molar-refractivity contribution in [3.8, 4) is 0 Å². The Balaban J connectivity index is 1.41. The van der Waals surface area contributed by atoms with Gasteiger partial charge in [0.1, 0.15) is 5.82 Å². The highest BCUT2D eigenvalue weighted by Crippen LogP contribution is 2.40. The van der Waals surface area contributed by atoms with Gasteiger partial charge in [-0.25, -0.2) is 4.68 Å². The Kier molecular flexibility index (Phi) is 4.03. The molecule has 1 unspecified atom stereocenters. The Hall–Kier alpha value is -2.63. The average Bonchev–Trinajstić information content (AvgIpc) is 3.52. The molecule has 0 aliphatic heterocycles. The van der Waals surface area contributed by atoms with Gasteiger partial charge < -0.3 is 10.6 Å². The summed E-state index contributed by atoms with van der Waals surface area (Å²) in [5, 5.41) is 10.2. The zero-order valence-electron chi connectivity index (χ0n) is 14.2. The van der Waals surface area contributed by atoms with E-state index in [0.717, 1.165) is 24.3 Å². The van der Waals surface area contributed by atoms with Crippen LogP contribution >= 0.6 is 0 Å². The molecule has 2 aromatic rings. The van der Waals surface area contributed by atoms with Gasteiger partial charge in [0.2, 0.25) is 5.91 Å². The maximum Gasteiger partial charge on any atom is 0.256 e. The van der Waals surface area contributed by atoms with Gasteiger partial charge in [-0.05, 0) is 62.8 Å². The minimum Gasteiger partial charge on any atom is -0.326 e. The van der Waals surface area contributed by atoms with E-state index < -0.39 is 0 Å². The number of hydrogen-bond donors (Lipinski definition) is 2. The molecular weight excluding hydrogens is 316 g/mol. The van der Waals surface area contributed by atoms with Crippen LogP contribution in [0, 0.1) is 11.8 Å². The number of rotatable bonds is 6. The van der Waals surface area contributed by atoms with Crippen LogP contribution in [0.4, 0.5) is 11.5 Å². The first-order chi connectivity index (χ1) is 12.1. The first-order valence-corrected chi connectivity index (χ1v) is 8.87. The van der Waals surface area contributed by atoms with E-state index in [2.05, 4.69) is 22.7 Å². The molecule has 1 aromatic carbocycles. The van der Waals surface area contributed by atoms with Gasteiger partial charge in [-0.1, -0.05) is 0 Å². The summed E-state index contributed by atoms with van der Waals surface area (Å²) in [6.07, 6.45) is 6.11. The topological polar surface area (TPSA) is 76.0 Å². The van der Waals surface area contributed by atoms with Gasteiger partial charge in [-0.2, -0.15) is 5.10 Å². The van der Waals surface area contributed by atoms with Crippen LogP contribution in [0.5, 0.6) is 0 Å². The minimum absolute atomic E-state index is 0.0650. The quantitative estimate of drug-likeness (QED) is 0.847. The van der Waals surface area contributed by atoms with Gasteiger partial charge in [-0.15, -0.1) is 0 Å². The van der Waals surface area contributed by atoms with Crippen LogP contribution in [0.2, 0.25) is 0 Å². The third-order valence-corrected chi connectivity index (χ3v) is 4.96. The molecule has 130 valence electrons. The van der Waals surface area contributed by atoms with E-state index in [1.165, 1.54) is 12.8 Å². The summed E-state index contributed by atoms with van der Waals surface area (Å²) in [7, 11) is 0. The SMILES string of the molecule is CC(C1CC1)n1nccc1NC(=O)c1ccc(NC(=O)C2CC2)cc1. The van der Waals surface area contributed by atoms with Crippen molar-refractivity contribution in [3.63, 3.8) is 0 Å². The van der Waals surface area contributed by atoms with Crippen molar-refractivity contribution < 1.29 is 9.59 Å². The zero-order valence-corrected chi connectivity index (χ0v) is 14.2. The second-order valence-electron chi connectivity index (χ2n) is 7.03. The smallest absolute Gasteiger partial charge is 0.256 e. The van der Waals surface area contributed by atoms with Crippen LogP contribution in [-0.2, 0) is 4.79 Å². The summed E-state index contributed by atoms with van der Waals surface area (Å²) < 4.78 is 1.89. The molecule has 2 amide bonds. The van der Waals surface area contributed by atoms with Crippen molar-refractivity contribution in [1.82, 2.24) is 9.78 Å². The molecule has 0 radical (unpaired) electrons. The predicted molar refractivity (Wildman–Crippen MR) is 95.4 cm³/mol. The summed E-state index contributed by atoms with van der Waals surface area (Å²) in [4.78, 5) is 24.3. The number of benzene rings is 1. The fourth-order valence-electron chi connectivity index (χ4n) is 3.00. The third-order valence-electron chi connectivity index (χ3n) is 4.96. The van der Waals surface area contributed by atoms with Crippen molar-refractivity contribution in [1.29, 1.82) is 0 Å². The largest absolute Gasteiger partial charge is 0.326 e. The van der Waals surface area contributed by atoms with E-state index in [4.69, 9.17) is 0 Å². The summed E-state index contributed by atoms with van der Waals surface area (Å²) in [6, 6.07) is 9.09. The Morgan fingerprint density at radius 2 is 1.80 bits per heavy atom. The van der Waals surface area contributed by atoms with Crippen LogP contribution in [0.15, 0.2) is 36.5 Å². The van der Waals surface area contributed by atoms with Crippen LogP contribution in [-0.4, -0.2) is 21.6 Å². The first kappa shape index (κ1) is 15.9. The van der Waals surface area contributed by atoms with Crippen molar-refractivity contribution >= 4 is 23.3 Å². The molecule has 1 aromatic heterocycles. The number of nitrogens with zero attached hydrogens (tertiary/aromatic N) is 2. The molecule has 2 saturated carbocycles. The Morgan fingerprint density at radius 1 is 1.08 bits per heavy atom. The fraction of sp³-hybridized carbons (Fsp3) is 0.421. The molecule has 6 nitrogen and oxygen atoms in total. The summed E-state index contributed by atoms with van der Waals surface area (Å²) >= 11 is 0. The van der Waals surface area contributed by atoms with Crippen LogP contribution < -0.4 is 10.6 Å². The molecule has 6 heteroatoms. The van der Waals surface area contributed by atoms with Gasteiger partial charge in [0.25, 0.3) is 5.91 Å². The molecule has 1 atom stereocenters. The Morgan fingerprint density at radius 3 is 2.44 bits per heavy atom. The number of aromatic nitrogens is 2. The first-order valence-electron chi connectivity index (χ1n) is 8.87. The predicted octanol–water partition coefficient (Wildman–Crippen LogP) is 3.45. The number of hydrogen-bond acceptors (Lipinski definition) is 3. The molecule has 0 spiro atoms. The monoisotopic (exact) mass is 338 g/mol. The summed E-state index contributed by atoms with van der Waals surface area (Å²) in [5.74, 6) is 1.43. The number of amides is 2. The Labute approximate surface area is 146 Å². The number of anilines is 2. The lowest BCUT2D eigenvalue weighted by Crippen LogP contribution is -2.18. The molecule has 25 heavy (non-hydrogen) atoms. The fourth-order valence-corrected chi connectivity index (χ4v) is 3.00. The van der Waals surface area contributed by atoms with Gasteiger partial charge in [0, 0.05) is 23.2 Å². The molecule has 2 fully saturated rings. The third kappa shape index (κ3) is 3.57. The van der Waals surface area contributed by atoms with E-state index in [-0.39, 0.29) is 17.7 Å². The van der Waals surface area contributed by atoms with Gasteiger partial charge in [0.05, 0.1) is 12.2 Å². The normalized spacial score (nSPS) is 17.8. The zero-order chi connectivity index (χ0) is 17.4. The van der Waals surface area contributed by atoms with E-state index in [0.29, 0.717) is 17.5 Å². The van der Waals surface area contributed by atoms with Gasteiger partial charge >= 0.3 is 0 Å². The molecule has 2 aliphatic rings. The molecule has 2 N–H and O–H groups in total. The lowest BCUT2D eigenvalue weighted by atomic mass is 10.2. The van der Waals surface area contributed by atoms with E-state index in [1.54, 1.807) is 30.5 Å². The summed E-state index contributed by atoms with van der Waals surface area (Å²) in [5.41, 5.74) is 1.28. The van der Waals surface area contributed by atoms with Crippen LogP contribution in [0.3, 0.4) is 0 Å². The van der Waals surface area contributed by atoms with E-state index in [1.807, 2.05) is 10.7 Å². The maximum absolute atomic E-state index is 12.5. The van der Waals surface area contributed by atoms with Crippen molar-refractivity contribution in [2.75, 3.05) is 10.6 Å². The van der Waals surface area contributed by atoms with E-state index in [9.17, 15) is 9.59 Å². The summed E-state index contributed by atoms with van der Waals surface area (Å²) in [6.45, 7) is 2.14. The number of carbonyl (C=O) groups excluding carboxylic acids is 2. The molecule has 0 bridgehead atoms. The van der Waals surface area contributed by atoms with Gasteiger partial charge in [-0.3, -0.25) is 9.59 Å². The number of carbonyl (C=O) groups is 2. The number of nitrogens with one attached hydrogen (secondary N) is 2. The average molecular weight is 338 g/mol. The Bertz CT molecular complexity index is 788. The molecule has 0 saturated heterocycles.